The summed E-state index contributed by atoms with van der Waals surface area (Å²) in [6.45, 7) is 0.768. The zero-order valence-electron chi connectivity index (χ0n) is 8.35. The van der Waals surface area contributed by atoms with Crippen molar-refractivity contribution in [3.8, 4) is 0 Å². The minimum Gasteiger partial charge on any atom is -0.478 e. The predicted molar refractivity (Wildman–Crippen MR) is 45.9 cm³/mol. The summed E-state index contributed by atoms with van der Waals surface area (Å²) < 4.78 is 62.4. The Kier molecular flexibility index (Phi) is 3.35. The molecule has 1 rings (SSSR count). The number of nitrogens with zero attached hydrogens (tertiary/aromatic N) is 1. The predicted octanol–water partition coefficient (Wildman–Crippen LogP) is 3.04. The quantitative estimate of drug-likeness (QED) is 0.826. The minimum atomic E-state index is -5.02. The molecular weight excluding hydrogens is 249 g/mol. The molecule has 0 fully saturated rings. The van der Waals surface area contributed by atoms with E-state index in [1.54, 1.807) is 0 Å². The van der Waals surface area contributed by atoms with Gasteiger partial charge in [-0.2, -0.15) is 13.2 Å². The standard InChI is InChI=1S/C9H6F5NO2/c1-3-5(9(12,13)14)4(8(16)17)2-15-6(3)7(10)11/h2,7H,1H3,(H,16,17). The summed E-state index contributed by atoms with van der Waals surface area (Å²) in [5, 5.41) is 8.56. The lowest BCUT2D eigenvalue weighted by molar-refractivity contribution is -0.138. The number of carbonyl (C=O) groups is 1. The van der Waals surface area contributed by atoms with Gasteiger partial charge >= 0.3 is 12.1 Å². The van der Waals surface area contributed by atoms with Gasteiger partial charge < -0.3 is 5.11 Å². The lowest BCUT2D eigenvalue weighted by atomic mass is 10.0. The fourth-order valence-electron chi connectivity index (χ4n) is 1.37. The smallest absolute Gasteiger partial charge is 0.417 e. The molecule has 1 aromatic rings. The van der Waals surface area contributed by atoms with Crippen LogP contribution in [0.15, 0.2) is 6.20 Å². The van der Waals surface area contributed by atoms with Crippen molar-refractivity contribution in [1.29, 1.82) is 0 Å². The summed E-state index contributed by atoms with van der Waals surface area (Å²) in [5.74, 6) is -1.87. The van der Waals surface area contributed by atoms with Crippen molar-refractivity contribution in [3.63, 3.8) is 0 Å². The van der Waals surface area contributed by atoms with Crippen LogP contribution in [-0.2, 0) is 6.18 Å². The van der Waals surface area contributed by atoms with E-state index < -0.39 is 41.0 Å². The Bertz CT molecular complexity index is 455. The topological polar surface area (TPSA) is 50.2 Å². The van der Waals surface area contributed by atoms with Crippen LogP contribution >= 0.6 is 0 Å². The Balaban J connectivity index is 3.60. The van der Waals surface area contributed by atoms with Gasteiger partial charge in [-0.15, -0.1) is 0 Å². The van der Waals surface area contributed by atoms with E-state index in [0.717, 1.165) is 6.92 Å². The molecule has 0 aliphatic rings. The third-order valence-electron chi connectivity index (χ3n) is 2.08. The number of carboxylic acids is 1. The number of hydrogen-bond donors (Lipinski definition) is 1. The van der Waals surface area contributed by atoms with Gasteiger partial charge in [0, 0.05) is 6.20 Å². The molecule has 0 atom stereocenters. The molecular formula is C9H6F5NO2. The number of hydrogen-bond acceptors (Lipinski definition) is 2. The molecule has 1 N–H and O–H groups in total. The van der Waals surface area contributed by atoms with Crippen LogP contribution in [-0.4, -0.2) is 16.1 Å². The zero-order chi connectivity index (χ0) is 13.4. The van der Waals surface area contributed by atoms with E-state index in [-0.39, 0.29) is 0 Å². The second kappa shape index (κ2) is 4.27. The molecule has 0 radical (unpaired) electrons. The van der Waals surface area contributed by atoms with Crippen LogP contribution in [0.2, 0.25) is 0 Å². The van der Waals surface area contributed by atoms with E-state index >= 15 is 0 Å². The molecule has 0 saturated carbocycles. The third-order valence-corrected chi connectivity index (χ3v) is 2.08. The Hall–Kier alpha value is -1.73. The monoisotopic (exact) mass is 255 g/mol. The first kappa shape index (κ1) is 13.3. The summed E-state index contributed by atoms with van der Waals surface area (Å²) in [6.07, 6.45) is -7.93. The van der Waals surface area contributed by atoms with Gasteiger partial charge in [0.2, 0.25) is 0 Å². The largest absolute Gasteiger partial charge is 0.478 e. The lowest BCUT2D eigenvalue weighted by Crippen LogP contribution is -2.17. The maximum Gasteiger partial charge on any atom is 0.417 e. The molecule has 0 aromatic carbocycles. The number of carboxylic acid groups (broad SMARTS) is 1. The molecule has 0 spiro atoms. The maximum atomic E-state index is 12.6. The van der Waals surface area contributed by atoms with E-state index in [2.05, 4.69) is 4.98 Å². The van der Waals surface area contributed by atoms with Gasteiger partial charge in [0.15, 0.2) is 0 Å². The zero-order valence-corrected chi connectivity index (χ0v) is 8.35. The number of rotatable bonds is 2. The van der Waals surface area contributed by atoms with Gasteiger partial charge in [-0.05, 0) is 12.5 Å². The fourth-order valence-corrected chi connectivity index (χ4v) is 1.37. The fraction of sp³-hybridized carbons (Fsp3) is 0.333. The van der Waals surface area contributed by atoms with Crippen LogP contribution in [0, 0.1) is 6.92 Å². The molecule has 0 amide bonds. The molecule has 94 valence electrons. The molecule has 0 unspecified atom stereocenters. The highest BCUT2D eigenvalue weighted by Gasteiger charge is 2.39. The van der Waals surface area contributed by atoms with Gasteiger partial charge in [-0.1, -0.05) is 0 Å². The van der Waals surface area contributed by atoms with Crippen molar-refractivity contribution in [2.75, 3.05) is 0 Å². The molecule has 1 heterocycles. The highest BCUT2D eigenvalue weighted by atomic mass is 19.4. The molecule has 8 heteroatoms. The van der Waals surface area contributed by atoms with Gasteiger partial charge in [-0.3, -0.25) is 4.98 Å². The molecule has 17 heavy (non-hydrogen) atoms. The maximum absolute atomic E-state index is 12.6. The third kappa shape index (κ3) is 2.51. The molecule has 3 nitrogen and oxygen atoms in total. The molecule has 0 aliphatic carbocycles. The van der Waals surface area contributed by atoms with E-state index in [4.69, 9.17) is 5.11 Å². The van der Waals surface area contributed by atoms with Crippen LogP contribution in [0.1, 0.15) is 33.6 Å². The van der Waals surface area contributed by atoms with Crippen molar-refractivity contribution in [2.24, 2.45) is 0 Å². The van der Waals surface area contributed by atoms with Crippen molar-refractivity contribution in [2.45, 2.75) is 19.5 Å². The first-order valence-corrected chi connectivity index (χ1v) is 4.24. The van der Waals surface area contributed by atoms with Crippen LogP contribution < -0.4 is 0 Å². The first-order valence-electron chi connectivity index (χ1n) is 4.24. The minimum absolute atomic E-state index is 0.291. The number of aromatic nitrogens is 1. The summed E-state index contributed by atoms with van der Waals surface area (Å²) >= 11 is 0. The van der Waals surface area contributed by atoms with E-state index in [9.17, 15) is 26.7 Å². The summed E-state index contributed by atoms with van der Waals surface area (Å²) in [5.41, 5.74) is -4.66. The van der Waals surface area contributed by atoms with Gasteiger partial charge in [0.1, 0.15) is 5.69 Å². The first-order chi connectivity index (χ1) is 7.66. The number of aromatic carboxylic acids is 1. The van der Waals surface area contributed by atoms with Gasteiger partial charge in [-0.25, -0.2) is 13.6 Å². The molecule has 1 aromatic heterocycles. The average Bonchev–Trinajstić information content (AvgIpc) is 2.14. The highest BCUT2D eigenvalue weighted by molar-refractivity contribution is 5.89. The Labute approximate surface area is 91.9 Å². The Morgan fingerprint density at radius 1 is 1.41 bits per heavy atom. The summed E-state index contributed by atoms with van der Waals surface area (Å²) in [7, 11) is 0. The number of halogens is 5. The second-order valence-electron chi connectivity index (χ2n) is 3.16. The van der Waals surface area contributed by atoms with Crippen molar-refractivity contribution >= 4 is 5.97 Å². The molecule has 0 aliphatic heterocycles. The van der Waals surface area contributed by atoms with Crippen molar-refractivity contribution < 1.29 is 31.9 Å². The van der Waals surface area contributed by atoms with Crippen LogP contribution in [0.4, 0.5) is 22.0 Å². The normalized spacial score (nSPS) is 11.9. The molecule has 0 saturated heterocycles. The van der Waals surface area contributed by atoms with E-state index in [0.29, 0.717) is 6.20 Å². The lowest BCUT2D eigenvalue weighted by Gasteiger charge is -2.15. The van der Waals surface area contributed by atoms with E-state index in [1.807, 2.05) is 0 Å². The van der Waals surface area contributed by atoms with E-state index in [1.165, 1.54) is 0 Å². The van der Waals surface area contributed by atoms with Crippen LogP contribution in [0.3, 0.4) is 0 Å². The highest BCUT2D eigenvalue weighted by Crippen LogP contribution is 2.37. The Morgan fingerprint density at radius 2 is 1.94 bits per heavy atom. The second-order valence-corrected chi connectivity index (χ2v) is 3.16. The van der Waals surface area contributed by atoms with Gasteiger partial charge in [0.05, 0.1) is 11.1 Å². The SMILES string of the molecule is Cc1c(C(F)F)ncc(C(=O)O)c1C(F)(F)F. The van der Waals surface area contributed by atoms with Gasteiger partial charge in [0.25, 0.3) is 6.43 Å². The van der Waals surface area contributed by atoms with Crippen molar-refractivity contribution in [1.82, 2.24) is 4.98 Å². The van der Waals surface area contributed by atoms with Crippen LogP contribution in [0.25, 0.3) is 0 Å². The number of alkyl halides is 5. The average molecular weight is 255 g/mol. The summed E-state index contributed by atoms with van der Waals surface area (Å²) in [6, 6.07) is 0. The molecule has 0 bridgehead atoms. The Morgan fingerprint density at radius 3 is 2.29 bits per heavy atom. The van der Waals surface area contributed by atoms with Crippen LogP contribution in [0.5, 0.6) is 0 Å². The van der Waals surface area contributed by atoms with Crippen molar-refractivity contribution in [3.05, 3.63) is 28.6 Å². The number of pyridine rings is 1. The summed E-state index contributed by atoms with van der Waals surface area (Å²) in [4.78, 5) is 13.6.